The molecule has 0 aromatic carbocycles. The molecule has 0 spiro atoms. The van der Waals surface area contributed by atoms with Gasteiger partial charge in [0.15, 0.2) is 0 Å². The average molecular weight is 239 g/mol. The van der Waals surface area contributed by atoms with Crippen LogP contribution in [0.5, 0.6) is 0 Å². The molecule has 1 amide bonds. The lowest BCUT2D eigenvalue weighted by Gasteiger charge is -2.24. The first kappa shape index (κ1) is 14.2. The first-order valence-corrected chi connectivity index (χ1v) is 6.53. The van der Waals surface area contributed by atoms with Crippen LogP contribution < -0.4 is 0 Å². The maximum absolute atomic E-state index is 11.4. The van der Waals surface area contributed by atoms with Gasteiger partial charge in [-0.3, -0.25) is 4.79 Å². The fourth-order valence-corrected chi connectivity index (χ4v) is 2.20. The number of amides is 1. The maximum Gasteiger partial charge on any atom is 0.221 e. The van der Waals surface area contributed by atoms with Gasteiger partial charge in [-0.25, -0.2) is 0 Å². The second-order valence-electron chi connectivity index (χ2n) is 5.24. The van der Waals surface area contributed by atoms with Crippen molar-refractivity contribution < 1.29 is 9.53 Å². The molecule has 1 aliphatic rings. The largest absolute Gasteiger partial charge is 0.356 e. The smallest absolute Gasteiger partial charge is 0.221 e. The predicted octanol–water partition coefficient (Wildman–Crippen LogP) is 2.96. The average Bonchev–Trinajstić information content (AvgIpc) is 2.65. The number of carbonyl (C=O) groups is 1. The van der Waals surface area contributed by atoms with Crippen molar-refractivity contribution in [2.24, 2.45) is 5.92 Å². The number of carbonyl (C=O) groups excluding carboxylic acids is 1. The lowest BCUT2D eigenvalue weighted by Crippen LogP contribution is -2.35. The van der Waals surface area contributed by atoms with Crippen molar-refractivity contribution in [1.82, 2.24) is 4.90 Å². The summed E-state index contributed by atoms with van der Waals surface area (Å²) in [5, 5.41) is 0. The molecule has 0 aliphatic carbocycles. The summed E-state index contributed by atoms with van der Waals surface area (Å²) in [6, 6.07) is 0. The Kier molecular flexibility index (Phi) is 5.69. The molecule has 3 heteroatoms. The monoisotopic (exact) mass is 239 g/mol. The van der Waals surface area contributed by atoms with Crippen LogP contribution in [0, 0.1) is 5.92 Å². The van der Waals surface area contributed by atoms with Gasteiger partial charge in [0.1, 0.15) is 6.23 Å². The van der Waals surface area contributed by atoms with Crippen LogP contribution in [-0.2, 0) is 9.53 Å². The number of hydrogen-bond acceptors (Lipinski definition) is 2. The standard InChI is InChI=1S/C14H25NO2/c1-11(2)6-5-7-12(3)10-14-15(13(4)16)8-9-17-14/h6,12,14H,5,7-10H2,1-4H3/t12-,14-/m0/s1. The van der Waals surface area contributed by atoms with Crippen LogP contribution in [0.1, 0.15) is 47.0 Å². The van der Waals surface area contributed by atoms with Gasteiger partial charge in [0.25, 0.3) is 0 Å². The molecule has 1 aliphatic heterocycles. The Morgan fingerprint density at radius 1 is 1.47 bits per heavy atom. The molecule has 0 radical (unpaired) electrons. The van der Waals surface area contributed by atoms with E-state index in [0.717, 1.165) is 25.8 Å². The summed E-state index contributed by atoms with van der Waals surface area (Å²) in [6.45, 7) is 9.55. The topological polar surface area (TPSA) is 29.5 Å². The fourth-order valence-electron chi connectivity index (χ4n) is 2.20. The van der Waals surface area contributed by atoms with E-state index in [0.29, 0.717) is 12.5 Å². The highest BCUT2D eigenvalue weighted by Crippen LogP contribution is 2.21. The molecular weight excluding hydrogens is 214 g/mol. The van der Waals surface area contributed by atoms with Crippen molar-refractivity contribution in [3.8, 4) is 0 Å². The van der Waals surface area contributed by atoms with Gasteiger partial charge < -0.3 is 9.64 Å². The van der Waals surface area contributed by atoms with Crippen molar-refractivity contribution >= 4 is 5.91 Å². The van der Waals surface area contributed by atoms with E-state index in [1.807, 2.05) is 4.90 Å². The zero-order valence-corrected chi connectivity index (χ0v) is 11.5. The van der Waals surface area contributed by atoms with Crippen LogP contribution in [0.2, 0.25) is 0 Å². The summed E-state index contributed by atoms with van der Waals surface area (Å²) in [6.07, 6.45) is 5.52. The lowest BCUT2D eigenvalue weighted by atomic mass is 10.00. The van der Waals surface area contributed by atoms with Crippen LogP contribution in [-0.4, -0.2) is 30.2 Å². The zero-order chi connectivity index (χ0) is 12.8. The molecule has 2 atom stereocenters. The van der Waals surface area contributed by atoms with Gasteiger partial charge in [0, 0.05) is 13.5 Å². The second kappa shape index (κ2) is 6.80. The van der Waals surface area contributed by atoms with Crippen LogP contribution in [0.4, 0.5) is 0 Å². The normalized spacial score (nSPS) is 21.4. The third-order valence-electron chi connectivity index (χ3n) is 3.21. The van der Waals surface area contributed by atoms with Crippen molar-refractivity contribution in [2.45, 2.75) is 53.2 Å². The highest BCUT2D eigenvalue weighted by molar-refractivity contribution is 5.73. The van der Waals surface area contributed by atoms with Gasteiger partial charge in [-0.15, -0.1) is 0 Å². The van der Waals surface area contributed by atoms with Gasteiger partial charge in [-0.05, 0) is 39.0 Å². The molecule has 0 aromatic heterocycles. The van der Waals surface area contributed by atoms with Crippen LogP contribution >= 0.6 is 0 Å². The Hall–Kier alpha value is -0.830. The van der Waals surface area contributed by atoms with E-state index in [9.17, 15) is 4.79 Å². The minimum absolute atomic E-state index is 0.00852. The van der Waals surface area contributed by atoms with Gasteiger partial charge >= 0.3 is 0 Å². The minimum atomic E-state index is 0.00852. The number of allylic oxidation sites excluding steroid dienone is 2. The summed E-state index contributed by atoms with van der Waals surface area (Å²) >= 11 is 0. The Labute approximate surface area is 105 Å². The number of hydrogen-bond donors (Lipinski definition) is 0. The first-order valence-electron chi connectivity index (χ1n) is 6.53. The summed E-state index contributed by atoms with van der Waals surface area (Å²) in [5.74, 6) is 0.722. The van der Waals surface area contributed by atoms with E-state index >= 15 is 0 Å². The number of nitrogens with zero attached hydrogens (tertiary/aromatic N) is 1. The molecule has 0 aromatic rings. The second-order valence-corrected chi connectivity index (χ2v) is 5.24. The van der Waals surface area contributed by atoms with E-state index < -0.39 is 0 Å². The van der Waals surface area contributed by atoms with E-state index in [-0.39, 0.29) is 12.1 Å². The summed E-state index contributed by atoms with van der Waals surface area (Å²) < 4.78 is 5.61. The van der Waals surface area contributed by atoms with Crippen molar-refractivity contribution in [1.29, 1.82) is 0 Å². The fraction of sp³-hybridized carbons (Fsp3) is 0.786. The Bertz CT molecular complexity index is 282. The Morgan fingerprint density at radius 3 is 2.76 bits per heavy atom. The Balaban J connectivity index is 2.32. The molecule has 0 unspecified atom stereocenters. The predicted molar refractivity (Wildman–Crippen MR) is 69.6 cm³/mol. The molecule has 1 saturated heterocycles. The number of rotatable bonds is 5. The van der Waals surface area contributed by atoms with Gasteiger partial charge in [-0.1, -0.05) is 18.6 Å². The van der Waals surface area contributed by atoms with Gasteiger partial charge in [0.2, 0.25) is 5.91 Å². The first-order chi connectivity index (χ1) is 8.00. The van der Waals surface area contributed by atoms with Crippen molar-refractivity contribution in [2.75, 3.05) is 13.2 Å². The number of ether oxygens (including phenoxy) is 1. The van der Waals surface area contributed by atoms with Gasteiger partial charge in [-0.2, -0.15) is 0 Å². The minimum Gasteiger partial charge on any atom is -0.356 e. The quantitative estimate of drug-likeness (QED) is 0.690. The van der Waals surface area contributed by atoms with E-state index in [1.165, 1.54) is 5.57 Å². The molecule has 1 rings (SSSR count). The molecule has 98 valence electrons. The Morgan fingerprint density at radius 2 is 2.18 bits per heavy atom. The molecule has 1 heterocycles. The zero-order valence-electron chi connectivity index (χ0n) is 11.5. The highest BCUT2D eigenvalue weighted by atomic mass is 16.5. The van der Waals surface area contributed by atoms with Crippen LogP contribution in [0.25, 0.3) is 0 Å². The molecule has 0 bridgehead atoms. The third kappa shape index (κ3) is 4.90. The lowest BCUT2D eigenvalue weighted by molar-refractivity contribution is -0.134. The van der Waals surface area contributed by atoms with Gasteiger partial charge in [0.05, 0.1) is 6.61 Å². The third-order valence-corrected chi connectivity index (χ3v) is 3.21. The highest BCUT2D eigenvalue weighted by Gasteiger charge is 2.28. The van der Waals surface area contributed by atoms with Crippen LogP contribution in [0.3, 0.4) is 0 Å². The molecule has 17 heavy (non-hydrogen) atoms. The summed E-state index contributed by atoms with van der Waals surface area (Å²) in [7, 11) is 0. The summed E-state index contributed by atoms with van der Waals surface area (Å²) in [4.78, 5) is 13.2. The maximum atomic E-state index is 11.4. The SMILES string of the molecule is CC(=O)N1CCO[C@H]1C[C@@H](C)CCC=C(C)C. The summed E-state index contributed by atoms with van der Waals surface area (Å²) in [5.41, 5.74) is 1.37. The van der Waals surface area contributed by atoms with E-state index in [4.69, 9.17) is 4.74 Å². The van der Waals surface area contributed by atoms with E-state index in [2.05, 4.69) is 26.8 Å². The molecule has 1 fully saturated rings. The van der Waals surface area contributed by atoms with Crippen molar-refractivity contribution in [3.63, 3.8) is 0 Å². The molecule has 0 N–H and O–H groups in total. The van der Waals surface area contributed by atoms with Crippen LogP contribution in [0.15, 0.2) is 11.6 Å². The molecule has 0 saturated carbocycles. The van der Waals surface area contributed by atoms with Crippen molar-refractivity contribution in [3.05, 3.63) is 11.6 Å². The van der Waals surface area contributed by atoms with E-state index in [1.54, 1.807) is 6.92 Å². The molecular formula is C14H25NO2. The molecule has 3 nitrogen and oxygen atoms in total.